The zero-order chi connectivity index (χ0) is 13.7. The van der Waals surface area contributed by atoms with Gasteiger partial charge in [0.2, 0.25) is 0 Å². The first-order valence-electron chi connectivity index (χ1n) is 5.78. The lowest BCUT2D eigenvalue weighted by Gasteiger charge is -2.15. The van der Waals surface area contributed by atoms with Crippen LogP contribution in [0.5, 0.6) is 0 Å². The third kappa shape index (κ3) is 2.99. The number of amides is 1. The van der Waals surface area contributed by atoms with Crippen molar-refractivity contribution in [1.29, 1.82) is 0 Å². The molecule has 1 aromatic rings. The summed E-state index contributed by atoms with van der Waals surface area (Å²) in [7, 11) is 1.50. The standard InChI is InChI=1S/C11H20N4O3/c1-4-15-10(9(12)7(2)14-15)11(17)13-8(5-16)6-18-3/h8,16H,4-6,12H2,1-3H3,(H,13,17). The molecule has 7 heteroatoms. The summed E-state index contributed by atoms with van der Waals surface area (Å²) in [6, 6.07) is -0.456. The fraction of sp³-hybridized carbons (Fsp3) is 0.636. The topological polar surface area (TPSA) is 102 Å². The van der Waals surface area contributed by atoms with Crippen molar-refractivity contribution in [2.24, 2.45) is 0 Å². The first-order valence-corrected chi connectivity index (χ1v) is 5.78. The van der Waals surface area contributed by atoms with Gasteiger partial charge in [0.05, 0.1) is 30.6 Å². The third-order valence-electron chi connectivity index (χ3n) is 2.61. The van der Waals surface area contributed by atoms with Crippen LogP contribution in [0.3, 0.4) is 0 Å². The Bertz CT molecular complexity index is 417. The molecule has 0 radical (unpaired) electrons. The molecule has 1 heterocycles. The number of carbonyl (C=O) groups is 1. The average Bonchev–Trinajstić information content (AvgIpc) is 2.64. The molecule has 0 aliphatic heterocycles. The number of ether oxygens (including phenoxy) is 1. The highest BCUT2D eigenvalue weighted by molar-refractivity contribution is 5.98. The van der Waals surface area contributed by atoms with Crippen LogP contribution in [0.4, 0.5) is 5.69 Å². The molecule has 102 valence electrons. The van der Waals surface area contributed by atoms with E-state index in [4.69, 9.17) is 15.6 Å². The molecule has 0 aliphatic rings. The van der Waals surface area contributed by atoms with Crippen molar-refractivity contribution in [3.8, 4) is 0 Å². The second kappa shape index (κ2) is 6.36. The van der Waals surface area contributed by atoms with Crippen molar-refractivity contribution in [2.45, 2.75) is 26.4 Å². The van der Waals surface area contributed by atoms with Crippen LogP contribution in [0.1, 0.15) is 23.1 Å². The number of methoxy groups -OCH3 is 1. The molecular weight excluding hydrogens is 236 g/mol. The summed E-state index contributed by atoms with van der Waals surface area (Å²) in [4.78, 5) is 12.1. The van der Waals surface area contributed by atoms with Gasteiger partial charge in [0.15, 0.2) is 0 Å². The van der Waals surface area contributed by atoms with Gasteiger partial charge in [0.25, 0.3) is 5.91 Å². The Morgan fingerprint density at radius 3 is 2.83 bits per heavy atom. The fourth-order valence-corrected chi connectivity index (χ4v) is 1.66. The summed E-state index contributed by atoms with van der Waals surface area (Å²) < 4.78 is 6.44. The van der Waals surface area contributed by atoms with Gasteiger partial charge >= 0.3 is 0 Å². The number of hydrogen-bond acceptors (Lipinski definition) is 5. The van der Waals surface area contributed by atoms with Gasteiger partial charge in [-0.2, -0.15) is 5.10 Å². The Labute approximate surface area is 106 Å². The van der Waals surface area contributed by atoms with Crippen molar-refractivity contribution in [1.82, 2.24) is 15.1 Å². The lowest BCUT2D eigenvalue weighted by atomic mass is 10.2. The van der Waals surface area contributed by atoms with E-state index in [-0.39, 0.29) is 19.1 Å². The fourth-order valence-electron chi connectivity index (χ4n) is 1.66. The number of aliphatic hydroxyl groups excluding tert-OH is 1. The van der Waals surface area contributed by atoms with Crippen LogP contribution in [0.25, 0.3) is 0 Å². The molecule has 0 spiro atoms. The van der Waals surface area contributed by atoms with E-state index in [0.29, 0.717) is 23.6 Å². The zero-order valence-electron chi connectivity index (χ0n) is 10.9. The SMILES string of the molecule is CCn1nc(C)c(N)c1C(=O)NC(CO)COC. The van der Waals surface area contributed by atoms with Crippen LogP contribution >= 0.6 is 0 Å². The smallest absolute Gasteiger partial charge is 0.272 e. The van der Waals surface area contributed by atoms with Gasteiger partial charge in [-0.05, 0) is 13.8 Å². The van der Waals surface area contributed by atoms with E-state index in [1.807, 2.05) is 6.92 Å². The summed E-state index contributed by atoms with van der Waals surface area (Å²) in [6.07, 6.45) is 0. The van der Waals surface area contributed by atoms with Crippen LogP contribution in [0.2, 0.25) is 0 Å². The molecule has 0 aliphatic carbocycles. The molecule has 4 N–H and O–H groups in total. The second-order valence-electron chi connectivity index (χ2n) is 3.97. The summed E-state index contributed by atoms with van der Waals surface area (Å²) in [5.74, 6) is -0.356. The minimum atomic E-state index is -0.456. The zero-order valence-corrected chi connectivity index (χ0v) is 10.9. The predicted octanol–water partition coefficient (Wildman–Crippen LogP) is -0.469. The highest BCUT2D eigenvalue weighted by Gasteiger charge is 2.21. The van der Waals surface area contributed by atoms with Crippen LogP contribution in [-0.4, -0.2) is 47.2 Å². The molecule has 1 unspecified atom stereocenters. The maximum absolute atomic E-state index is 12.1. The minimum Gasteiger partial charge on any atom is -0.395 e. The number of hydrogen-bond donors (Lipinski definition) is 3. The van der Waals surface area contributed by atoms with Gasteiger partial charge in [-0.25, -0.2) is 0 Å². The number of rotatable bonds is 6. The number of aromatic nitrogens is 2. The van der Waals surface area contributed by atoms with E-state index in [1.54, 1.807) is 11.6 Å². The van der Waals surface area contributed by atoms with Gasteiger partial charge in [0, 0.05) is 13.7 Å². The van der Waals surface area contributed by atoms with Gasteiger partial charge in [-0.3, -0.25) is 9.48 Å². The normalized spacial score (nSPS) is 12.4. The summed E-state index contributed by atoms with van der Waals surface area (Å²) in [5, 5.41) is 15.9. The molecule has 0 fully saturated rings. The van der Waals surface area contributed by atoms with Crippen molar-refractivity contribution in [2.75, 3.05) is 26.1 Å². The second-order valence-corrected chi connectivity index (χ2v) is 3.97. The highest BCUT2D eigenvalue weighted by atomic mass is 16.5. The Morgan fingerprint density at radius 1 is 1.67 bits per heavy atom. The minimum absolute atomic E-state index is 0.196. The molecule has 0 aromatic carbocycles. The maximum atomic E-state index is 12.1. The molecule has 0 bridgehead atoms. The van der Waals surface area contributed by atoms with E-state index in [2.05, 4.69) is 10.4 Å². The van der Waals surface area contributed by atoms with E-state index in [1.165, 1.54) is 7.11 Å². The first-order chi connectivity index (χ1) is 8.54. The molecule has 1 amide bonds. The Balaban J connectivity index is 2.89. The Hall–Kier alpha value is -1.60. The largest absolute Gasteiger partial charge is 0.395 e. The number of carbonyl (C=O) groups excluding carboxylic acids is 1. The first kappa shape index (κ1) is 14.5. The monoisotopic (exact) mass is 256 g/mol. The third-order valence-corrected chi connectivity index (χ3v) is 2.61. The van der Waals surface area contributed by atoms with Crippen molar-refractivity contribution < 1.29 is 14.6 Å². The highest BCUT2D eigenvalue weighted by Crippen LogP contribution is 2.16. The van der Waals surface area contributed by atoms with Gasteiger partial charge in [-0.1, -0.05) is 0 Å². The number of nitrogens with one attached hydrogen (secondary N) is 1. The summed E-state index contributed by atoms with van der Waals surface area (Å²) in [6.45, 7) is 4.22. The van der Waals surface area contributed by atoms with Gasteiger partial charge in [0.1, 0.15) is 5.69 Å². The molecule has 18 heavy (non-hydrogen) atoms. The van der Waals surface area contributed by atoms with Crippen molar-refractivity contribution in [3.63, 3.8) is 0 Å². The lowest BCUT2D eigenvalue weighted by molar-refractivity contribution is 0.0830. The molecule has 1 aromatic heterocycles. The van der Waals surface area contributed by atoms with E-state index in [0.717, 1.165) is 0 Å². The van der Waals surface area contributed by atoms with E-state index >= 15 is 0 Å². The van der Waals surface area contributed by atoms with Gasteiger partial charge in [-0.15, -0.1) is 0 Å². The van der Waals surface area contributed by atoms with Crippen molar-refractivity contribution in [3.05, 3.63) is 11.4 Å². The van der Waals surface area contributed by atoms with Crippen molar-refractivity contribution >= 4 is 11.6 Å². The number of aliphatic hydroxyl groups is 1. The molecule has 0 saturated heterocycles. The van der Waals surface area contributed by atoms with E-state index < -0.39 is 6.04 Å². The Kier molecular flexibility index (Phi) is 5.11. The van der Waals surface area contributed by atoms with Crippen LogP contribution in [-0.2, 0) is 11.3 Å². The molecule has 0 saturated carbocycles. The van der Waals surface area contributed by atoms with E-state index in [9.17, 15) is 4.79 Å². The molecular formula is C11H20N4O3. The quantitative estimate of drug-likeness (QED) is 0.638. The van der Waals surface area contributed by atoms with Gasteiger partial charge < -0.3 is 20.9 Å². The summed E-state index contributed by atoms with van der Waals surface area (Å²) >= 11 is 0. The number of nitrogen functional groups attached to an aromatic ring is 1. The van der Waals surface area contributed by atoms with Crippen LogP contribution in [0.15, 0.2) is 0 Å². The average molecular weight is 256 g/mol. The number of nitrogens with zero attached hydrogens (tertiary/aromatic N) is 2. The van der Waals surface area contributed by atoms with Crippen LogP contribution in [0, 0.1) is 6.92 Å². The maximum Gasteiger partial charge on any atom is 0.272 e. The predicted molar refractivity (Wildman–Crippen MR) is 67.3 cm³/mol. The molecule has 1 rings (SSSR count). The lowest BCUT2D eigenvalue weighted by Crippen LogP contribution is -2.41. The summed E-state index contributed by atoms with van der Waals surface area (Å²) in [5.41, 5.74) is 7.14. The number of nitrogens with two attached hydrogens (primary N) is 1. The Morgan fingerprint density at radius 2 is 2.33 bits per heavy atom. The van der Waals surface area contributed by atoms with Crippen LogP contribution < -0.4 is 11.1 Å². The number of aryl methyl sites for hydroxylation is 2. The molecule has 1 atom stereocenters. The molecule has 7 nitrogen and oxygen atoms in total. The number of anilines is 1.